The Balaban J connectivity index is 2.28. The lowest BCUT2D eigenvalue weighted by atomic mass is 10.0. The van der Waals surface area contributed by atoms with Crippen molar-refractivity contribution in [2.45, 2.75) is 20.8 Å². The molecule has 0 bridgehead atoms. The normalized spacial score (nSPS) is 11.0. The number of carboxylic acid groups (broad SMARTS) is 1. The van der Waals surface area contributed by atoms with Gasteiger partial charge < -0.3 is 19.2 Å². The van der Waals surface area contributed by atoms with Gasteiger partial charge >= 0.3 is 5.97 Å². The molecule has 0 fully saturated rings. The first-order valence-corrected chi connectivity index (χ1v) is 8.97. The Labute approximate surface area is 157 Å². The van der Waals surface area contributed by atoms with Crippen LogP contribution in [0.1, 0.15) is 31.1 Å². The number of carbonyl (C=O) groups is 1. The molecule has 0 unspecified atom stereocenters. The average Bonchev–Trinajstić information content (AvgIpc) is 3.02. The molecule has 5 nitrogen and oxygen atoms in total. The molecule has 3 rings (SSSR count). The first-order valence-electron chi connectivity index (χ1n) is 8.97. The van der Waals surface area contributed by atoms with Gasteiger partial charge in [-0.05, 0) is 51.1 Å². The Morgan fingerprint density at radius 1 is 1.15 bits per heavy atom. The molecule has 0 amide bonds. The smallest absolute Gasteiger partial charge is 0.340 e. The van der Waals surface area contributed by atoms with E-state index >= 15 is 0 Å². The van der Waals surface area contributed by atoms with E-state index in [1.54, 1.807) is 6.07 Å². The second-order valence-corrected chi connectivity index (χ2v) is 6.04. The van der Waals surface area contributed by atoms with E-state index in [-0.39, 0.29) is 11.3 Å². The van der Waals surface area contributed by atoms with Gasteiger partial charge in [-0.25, -0.2) is 9.18 Å². The summed E-state index contributed by atoms with van der Waals surface area (Å²) >= 11 is 0. The second kappa shape index (κ2) is 7.70. The highest BCUT2D eigenvalue weighted by Crippen LogP contribution is 2.40. The highest BCUT2D eigenvalue weighted by molar-refractivity contribution is 6.09. The number of ether oxygens (including phenoxy) is 1. The zero-order chi connectivity index (χ0) is 19.6. The minimum Gasteiger partial charge on any atom is -0.492 e. The number of aromatic carboxylic acids is 1. The van der Waals surface area contributed by atoms with E-state index < -0.39 is 11.8 Å². The largest absolute Gasteiger partial charge is 0.492 e. The first kappa shape index (κ1) is 18.8. The van der Waals surface area contributed by atoms with Gasteiger partial charge in [0.1, 0.15) is 28.5 Å². The summed E-state index contributed by atoms with van der Waals surface area (Å²) < 4.78 is 24.9. The van der Waals surface area contributed by atoms with Crippen LogP contribution < -0.4 is 9.64 Å². The molecule has 3 aromatic rings. The fourth-order valence-corrected chi connectivity index (χ4v) is 3.21. The minimum atomic E-state index is -1.11. The summed E-state index contributed by atoms with van der Waals surface area (Å²) in [6, 6.07) is 9.10. The van der Waals surface area contributed by atoms with Gasteiger partial charge in [-0.2, -0.15) is 0 Å². The van der Waals surface area contributed by atoms with Crippen LogP contribution in [0.3, 0.4) is 0 Å². The minimum absolute atomic E-state index is 0.0451. The number of halogens is 1. The van der Waals surface area contributed by atoms with E-state index in [4.69, 9.17) is 9.15 Å². The van der Waals surface area contributed by atoms with Gasteiger partial charge in [0.2, 0.25) is 0 Å². The van der Waals surface area contributed by atoms with Gasteiger partial charge in [-0.3, -0.25) is 0 Å². The van der Waals surface area contributed by atoms with Crippen molar-refractivity contribution < 1.29 is 23.4 Å². The SMILES string of the molecule is CCOc1cc2c(C(=O)O)c(-c3ccc(F)cc3)oc2cc1N(CC)CC. The van der Waals surface area contributed by atoms with Gasteiger partial charge in [-0.15, -0.1) is 0 Å². The molecule has 0 aliphatic heterocycles. The summed E-state index contributed by atoms with van der Waals surface area (Å²) in [4.78, 5) is 14.1. The van der Waals surface area contributed by atoms with E-state index in [0.717, 1.165) is 18.8 Å². The zero-order valence-electron chi connectivity index (χ0n) is 15.6. The molecule has 27 heavy (non-hydrogen) atoms. The third-order valence-electron chi connectivity index (χ3n) is 4.49. The number of benzene rings is 2. The molecule has 1 heterocycles. The molecule has 0 aliphatic carbocycles. The van der Waals surface area contributed by atoms with Gasteiger partial charge in [0.25, 0.3) is 0 Å². The average molecular weight is 371 g/mol. The number of anilines is 1. The monoisotopic (exact) mass is 371 g/mol. The lowest BCUT2D eigenvalue weighted by Gasteiger charge is -2.23. The quantitative estimate of drug-likeness (QED) is 0.620. The van der Waals surface area contributed by atoms with Crippen molar-refractivity contribution in [2.24, 2.45) is 0 Å². The van der Waals surface area contributed by atoms with Crippen molar-refractivity contribution in [1.29, 1.82) is 0 Å². The van der Waals surface area contributed by atoms with Crippen molar-refractivity contribution >= 4 is 22.6 Å². The maximum atomic E-state index is 13.3. The summed E-state index contributed by atoms with van der Waals surface area (Å²) in [6.07, 6.45) is 0. The van der Waals surface area contributed by atoms with Crippen LogP contribution in [-0.4, -0.2) is 30.8 Å². The summed E-state index contributed by atoms with van der Waals surface area (Å²) in [7, 11) is 0. The Hall–Kier alpha value is -3.02. The van der Waals surface area contributed by atoms with Crippen LogP contribution in [0.5, 0.6) is 5.75 Å². The number of fused-ring (bicyclic) bond motifs is 1. The van der Waals surface area contributed by atoms with Crippen molar-refractivity contribution in [3.05, 3.63) is 47.8 Å². The molecule has 1 N–H and O–H groups in total. The topological polar surface area (TPSA) is 62.9 Å². The highest BCUT2D eigenvalue weighted by Gasteiger charge is 2.24. The van der Waals surface area contributed by atoms with E-state index in [9.17, 15) is 14.3 Å². The molecular formula is C21H22FNO4. The molecule has 2 aromatic carbocycles. The fourth-order valence-electron chi connectivity index (χ4n) is 3.21. The number of hydrogen-bond acceptors (Lipinski definition) is 4. The molecule has 0 saturated carbocycles. The highest BCUT2D eigenvalue weighted by atomic mass is 19.1. The van der Waals surface area contributed by atoms with E-state index in [1.807, 2.05) is 26.8 Å². The third kappa shape index (κ3) is 3.47. The number of carboxylic acids is 1. The summed E-state index contributed by atoms with van der Waals surface area (Å²) in [6.45, 7) is 7.98. The van der Waals surface area contributed by atoms with Crippen LogP contribution in [0.25, 0.3) is 22.3 Å². The third-order valence-corrected chi connectivity index (χ3v) is 4.49. The predicted molar refractivity (Wildman–Crippen MR) is 103 cm³/mol. The van der Waals surface area contributed by atoms with Crippen molar-refractivity contribution in [3.63, 3.8) is 0 Å². The Morgan fingerprint density at radius 3 is 2.37 bits per heavy atom. The molecule has 0 atom stereocenters. The van der Waals surface area contributed by atoms with Gasteiger partial charge in [0.15, 0.2) is 0 Å². The summed E-state index contributed by atoms with van der Waals surface area (Å²) in [5.41, 5.74) is 1.86. The summed E-state index contributed by atoms with van der Waals surface area (Å²) in [5, 5.41) is 10.2. The van der Waals surface area contributed by atoms with Gasteiger partial charge in [0.05, 0.1) is 12.3 Å². The molecule has 0 aliphatic rings. The molecule has 6 heteroatoms. The van der Waals surface area contributed by atoms with Crippen LogP contribution in [-0.2, 0) is 0 Å². The molecule has 142 valence electrons. The Morgan fingerprint density at radius 2 is 1.81 bits per heavy atom. The molecule has 1 aromatic heterocycles. The van der Waals surface area contributed by atoms with Crippen molar-refractivity contribution in [1.82, 2.24) is 0 Å². The molecule has 0 radical (unpaired) electrons. The Kier molecular flexibility index (Phi) is 5.35. The number of hydrogen-bond donors (Lipinski definition) is 1. The second-order valence-electron chi connectivity index (χ2n) is 6.04. The molecule has 0 saturated heterocycles. The van der Waals surface area contributed by atoms with Gasteiger partial charge in [0, 0.05) is 30.1 Å². The lowest BCUT2D eigenvalue weighted by Crippen LogP contribution is -2.22. The Bertz CT molecular complexity index is 958. The molecule has 0 spiro atoms. The summed E-state index contributed by atoms with van der Waals surface area (Å²) in [5.74, 6) is -0.681. The number of rotatable bonds is 7. The molecular weight excluding hydrogens is 349 g/mol. The van der Waals surface area contributed by atoms with E-state index in [0.29, 0.717) is 28.9 Å². The van der Waals surface area contributed by atoms with E-state index in [1.165, 1.54) is 24.3 Å². The van der Waals surface area contributed by atoms with Crippen LogP contribution in [0.4, 0.5) is 10.1 Å². The van der Waals surface area contributed by atoms with Crippen molar-refractivity contribution in [3.8, 4) is 17.1 Å². The van der Waals surface area contributed by atoms with E-state index in [2.05, 4.69) is 4.90 Å². The van der Waals surface area contributed by atoms with Crippen LogP contribution in [0, 0.1) is 5.82 Å². The number of nitrogens with zero attached hydrogens (tertiary/aromatic N) is 1. The van der Waals surface area contributed by atoms with Crippen molar-refractivity contribution in [2.75, 3.05) is 24.6 Å². The zero-order valence-corrected chi connectivity index (χ0v) is 15.6. The standard InChI is InChI=1S/C21H22FNO4/c1-4-23(5-2)16-12-17-15(11-18(16)26-6-3)19(21(24)25)20(27-17)13-7-9-14(22)10-8-13/h7-12H,4-6H2,1-3H3,(H,24,25). The van der Waals surface area contributed by atoms with Crippen LogP contribution >= 0.6 is 0 Å². The maximum Gasteiger partial charge on any atom is 0.340 e. The number of furan rings is 1. The van der Waals surface area contributed by atoms with Crippen LogP contribution in [0.15, 0.2) is 40.8 Å². The lowest BCUT2D eigenvalue weighted by molar-refractivity contribution is 0.0699. The predicted octanol–water partition coefficient (Wildman–Crippen LogP) is 5.18. The van der Waals surface area contributed by atoms with Crippen LogP contribution in [0.2, 0.25) is 0 Å². The van der Waals surface area contributed by atoms with Gasteiger partial charge in [-0.1, -0.05) is 0 Å². The first-order chi connectivity index (χ1) is 13.0. The fraction of sp³-hybridized carbons (Fsp3) is 0.286. The maximum absolute atomic E-state index is 13.3.